The minimum Gasteiger partial charge on any atom is -0.443 e. The largest absolute Gasteiger partial charge is 0.443 e. The van der Waals surface area contributed by atoms with E-state index in [9.17, 15) is 21.6 Å². The summed E-state index contributed by atoms with van der Waals surface area (Å²) in [6.45, 7) is 3.85. The Morgan fingerprint density at radius 1 is 1.00 bits per heavy atom. The van der Waals surface area contributed by atoms with Gasteiger partial charge in [-0.15, -0.1) is 0 Å². The number of aryl methyl sites for hydroxylation is 1. The molecule has 14 heteroatoms. The number of nitrogens with one attached hydrogen (secondary N) is 1. The number of likely N-dealkylation sites (tertiary alicyclic amines) is 1. The van der Waals surface area contributed by atoms with Gasteiger partial charge in [0.05, 0.1) is 11.4 Å². The van der Waals surface area contributed by atoms with Crippen LogP contribution >= 0.6 is 0 Å². The van der Waals surface area contributed by atoms with E-state index in [0.717, 1.165) is 11.8 Å². The summed E-state index contributed by atoms with van der Waals surface area (Å²) in [5.74, 6) is 0.949. The van der Waals surface area contributed by atoms with Crippen molar-refractivity contribution in [3.05, 3.63) is 54.4 Å². The highest BCUT2D eigenvalue weighted by Gasteiger charge is 2.35. The molecule has 0 radical (unpaired) electrons. The van der Waals surface area contributed by atoms with E-state index in [-0.39, 0.29) is 21.9 Å². The molecule has 208 valence electrons. The molecule has 3 heterocycles. The molecule has 1 aromatic heterocycles. The van der Waals surface area contributed by atoms with Gasteiger partial charge in [-0.3, -0.25) is 9.80 Å². The number of carbonyl (C=O) groups is 1. The topological polar surface area (TPSA) is 152 Å². The second-order valence-corrected chi connectivity index (χ2v) is 13.4. The molecule has 0 spiro atoms. The molecule has 2 aromatic carbocycles. The van der Waals surface area contributed by atoms with Gasteiger partial charge in [-0.2, -0.15) is 4.98 Å². The lowest BCUT2D eigenvalue weighted by Crippen LogP contribution is -2.47. The Bertz CT molecular complexity index is 1560. The fraction of sp³-hybridized carbons (Fsp3) is 0.400. The van der Waals surface area contributed by atoms with Crippen LogP contribution in [0.1, 0.15) is 18.7 Å². The summed E-state index contributed by atoms with van der Waals surface area (Å²) >= 11 is 0. The number of sulfonamides is 1. The molecular formula is C25H29N5O7S2. The first kappa shape index (κ1) is 27.2. The number of amides is 1. The lowest BCUT2D eigenvalue weighted by Gasteiger charge is -2.33. The molecule has 1 N–H and O–H groups in total. The van der Waals surface area contributed by atoms with Gasteiger partial charge in [0, 0.05) is 37.0 Å². The van der Waals surface area contributed by atoms with E-state index in [1.807, 2.05) is 24.3 Å². The number of rotatable bonds is 8. The SMILES string of the molecule is Cc1nc(-c2ccc(N3CC(CN4CCC(NS(=O)(=O)c5ccccc5S(C)(=O)=O)CC4)OC3=O)cc2)no1. The zero-order valence-electron chi connectivity index (χ0n) is 21.5. The third kappa shape index (κ3) is 6.13. The summed E-state index contributed by atoms with van der Waals surface area (Å²) in [5.41, 5.74) is 1.48. The molecule has 1 amide bonds. The second-order valence-electron chi connectivity index (χ2n) is 9.72. The first-order chi connectivity index (χ1) is 18.5. The summed E-state index contributed by atoms with van der Waals surface area (Å²) in [5, 5.41) is 3.90. The Hall–Kier alpha value is -3.33. The van der Waals surface area contributed by atoms with Gasteiger partial charge in [-0.1, -0.05) is 17.3 Å². The summed E-state index contributed by atoms with van der Waals surface area (Å²) in [4.78, 5) is 20.0. The van der Waals surface area contributed by atoms with Crippen LogP contribution in [0.25, 0.3) is 11.4 Å². The molecule has 3 aromatic rings. The number of hydrogen-bond donors (Lipinski definition) is 1. The first-order valence-electron chi connectivity index (χ1n) is 12.4. The molecule has 0 aliphatic carbocycles. The molecule has 0 saturated carbocycles. The Morgan fingerprint density at radius 2 is 1.67 bits per heavy atom. The van der Waals surface area contributed by atoms with Gasteiger partial charge in [0.15, 0.2) is 9.84 Å². The number of carbonyl (C=O) groups excluding carboxylic acids is 1. The predicted octanol–water partition coefficient (Wildman–Crippen LogP) is 2.22. The maximum atomic E-state index is 13.0. The number of piperidine rings is 1. The average Bonchev–Trinajstić information content (AvgIpc) is 3.49. The van der Waals surface area contributed by atoms with Crippen LogP contribution in [-0.2, 0) is 24.6 Å². The molecule has 2 aliphatic heterocycles. The fourth-order valence-electron chi connectivity index (χ4n) is 4.82. The minimum atomic E-state index is -4.02. The molecule has 12 nitrogen and oxygen atoms in total. The van der Waals surface area contributed by atoms with Gasteiger partial charge in [0.25, 0.3) is 0 Å². The summed E-state index contributed by atoms with van der Waals surface area (Å²) in [7, 11) is -7.72. The van der Waals surface area contributed by atoms with Gasteiger partial charge in [-0.05, 0) is 62.3 Å². The van der Waals surface area contributed by atoms with Crippen LogP contribution < -0.4 is 9.62 Å². The molecule has 5 rings (SSSR count). The maximum Gasteiger partial charge on any atom is 0.414 e. The normalized spacial score (nSPS) is 19.4. The Kier molecular flexibility index (Phi) is 7.46. The van der Waals surface area contributed by atoms with Crippen molar-refractivity contribution < 1.29 is 30.9 Å². The summed E-state index contributed by atoms with van der Waals surface area (Å²) in [6, 6.07) is 12.5. The predicted molar refractivity (Wildman–Crippen MR) is 141 cm³/mol. The van der Waals surface area contributed by atoms with Crippen LogP contribution in [0.3, 0.4) is 0 Å². The summed E-state index contributed by atoms with van der Waals surface area (Å²) in [6.07, 6.45) is 1.33. The number of aromatic nitrogens is 2. The van der Waals surface area contributed by atoms with Crippen molar-refractivity contribution in [3.63, 3.8) is 0 Å². The zero-order chi connectivity index (χ0) is 27.8. The second kappa shape index (κ2) is 10.7. The zero-order valence-corrected chi connectivity index (χ0v) is 23.1. The number of sulfone groups is 1. The molecule has 2 saturated heterocycles. The van der Waals surface area contributed by atoms with Crippen LogP contribution in [0.15, 0.2) is 62.8 Å². The molecule has 2 aliphatic rings. The number of ether oxygens (including phenoxy) is 1. The van der Waals surface area contributed by atoms with Crippen LogP contribution in [0, 0.1) is 6.92 Å². The summed E-state index contributed by atoms with van der Waals surface area (Å²) < 4.78 is 63.4. The lowest BCUT2D eigenvalue weighted by molar-refractivity contribution is 0.0968. The van der Waals surface area contributed by atoms with E-state index >= 15 is 0 Å². The number of hydrogen-bond acceptors (Lipinski definition) is 10. The standard InChI is InChI=1S/C25H29N5O7S2/c1-17-26-24(27-37-17)18-7-9-20(10-8-18)30-16-21(36-25(30)31)15-29-13-11-19(12-14-29)28-39(34,35)23-6-4-3-5-22(23)38(2,32)33/h3-10,19,21,28H,11-16H2,1-2H3. The fourth-order valence-corrected chi connectivity index (χ4v) is 7.75. The van der Waals surface area contributed by atoms with Crippen LogP contribution in [0.2, 0.25) is 0 Å². The van der Waals surface area contributed by atoms with E-state index in [1.165, 1.54) is 24.3 Å². The molecular weight excluding hydrogens is 546 g/mol. The highest BCUT2D eigenvalue weighted by molar-refractivity contribution is 7.93. The van der Waals surface area contributed by atoms with Crippen molar-refractivity contribution in [3.8, 4) is 11.4 Å². The minimum absolute atomic E-state index is 0.220. The van der Waals surface area contributed by atoms with Crippen molar-refractivity contribution in [2.24, 2.45) is 0 Å². The Morgan fingerprint density at radius 3 is 2.28 bits per heavy atom. The number of cyclic esters (lactones) is 1. The van der Waals surface area contributed by atoms with Crippen molar-refractivity contribution >= 4 is 31.6 Å². The third-order valence-electron chi connectivity index (χ3n) is 6.75. The van der Waals surface area contributed by atoms with E-state index in [0.29, 0.717) is 56.4 Å². The molecule has 0 bridgehead atoms. The Balaban J connectivity index is 1.14. The van der Waals surface area contributed by atoms with E-state index < -0.39 is 26.0 Å². The van der Waals surface area contributed by atoms with Gasteiger partial charge >= 0.3 is 6.09 Å². The smallest absolute Gasteiger partial charge is 0.414 e. The molecule has 1 unspecified atom stereocenters. The average molecular weight is 576 g/mol. The third-order valence-corrected chi connectivity index (χ3v) is 9.61. The molecule has 2 fully saturated rings. The van der Waals surface area contributed by atoms with Crippen molar-refractivity contribution in [2.45, 2.75) is 41.7 Å². The van der Waals surface area contributed by atoms with Crippen LogP contribution in [0.5, 0.6) is 0 Å². The number of nitrogens with zero attached hydrogens (tertiary/aromatic N) is 4. The van der Waals surface area contributed by atoms with E-state index in [1.54, 1.807) is 11.8 Å². The number of benzene rings is 2. The van der Waals surface area contributed by atoms with Crippen molar-refractivity contribution in [1.82, 2.24) is 19.8 Å². The Labute approximate surface area is 226 Å². The maximum absolute atomic E-state index is 13.0. The molecule has 39 heavy (non-hydrogen) atoms. The molecule has 1 atom stereocenters. The monoisotopic (exact) mass is 575 g/mol. The van der Waals surface area contributed by atoms with E-state index in [4.69, 9.17) is 9.26 Å². The highest BCUT2D eigenvalue weighted by Crippen LogP contribution is 2.26. The quantitative estimate of drug-likeness (QED) is 0.423. The van der Waals surface area contributed by atoms with Gasteiger partial charge in [0.2, 0.25) is 21.7 Å². The van der Waals surface area contributed by atoms with Crippen molar-refractivity contribution in [1.29, 1.82) is 0 Å². The van der Waals surface area contributed by atoms with Gasteiger partial charge in [0.1, 0.15) is 11.0 Å². The lowest BCUT2D eigenvalue weighted by atomic mass is 10.1. The van der Waals surface area contributed by atoms with Crippen LogP contribution in [0.4, 0.5) is 10.5 Å². The highest BCUT2D eigenvalue weighted by atomic mass is 32.2. The van der Waals surface area contributed by atoms with Gasteiger partial charge < -0.3 is 9.26 Å². The number of anilines is 1. The van der Waals surface area contributed by atoms with E-state index in [2.05, 4.69) is 19.8 Å². The van der Waals surface area contributed by atoms with Crippen LogP contribution in [-0.4, -0.2) is 82.5 Å². The first-order valence-corrected chi connectivity index (χ1v) is 15.8. The van der Waals surface area contributed by atoms with Gasteiger partial charge in [-0.25, -0.2) is 26.4 Å². The van der Waals surface area contributed by atoms with Crippen molar-refractivity contribution in [2.75, 3.05) is 37.3 Å².